The molecule has 0 aromatic carbocycles. The summed E-state index contributed by atoms with van der Waals surface area (Å²) in [7, 11) is 1.95. The third-order valence-electron chi connectivity index (χ3n) is 3.54. The molecule has 1 N–H and O–H groups in total. The molecule has 1 aliphatic rings. The summed E-state index contributed by atoms with van der Waals surface area (Å²) in [5, 5.41) is 10.1. The second kappa shape index (κ2) is 5.28. The van der Waals surface area contributed by atoms with Gasteiger partial charge in [-0.15, -0.1) is 11.3 Å². The molecule has 0 saturated carbocycles. The van der Waals surface area contributed by atoms with E-state index in [4.69, 9.17) is 4.42 Å². The van der Waals surface area contributed by atoms with Gasteiger partial charge in [-0.25, -0.2) is 4.98 Å². The zero-order valence-corrected chi connectivity index (χ0v) is 12.0. The number of carboxylic acids is 1. The van der Waals surface area contributed by atoms with Crippen LogP contribution in [0, 0.1) is 0 Å². The second-order valence-corrected chi connectivity index (χ2v) is 6.09. The van der Waals surface area contributed by atoms with E-state index >= 15 is 0 Å². The molecule has 1 aliphatic carbocycles. The van der Waals surface area contributed by atoms with Crippen LogP contribution in [0.15, 0.2) is 22.8 Å². The van der Waals surface area contributed by atoms with Gasteiger partial charge >= 0.3 is 5.97 Å². The number of furan rings is 1. The van der Waals surface area contributed by atoms with Crippen molar-refractivity contribution in [1.82, 2.24) is 4.98 Å². The highest BCUT2D eigenvalue weighted by Gasteiger charge is 2.30. The van der Waals surface area contributed by atoms with Gasteiger partial charge in [0, 0.05) is 11.9 Å². The number of fused-ring (bicyclic) bond motifs is 1. The molecule has 2 aromatic heterocycles. The van der Waals surface area contributed by atoms with E-state index in [1.165, 1.54) is 0 Å². The number of hydrogen-bond donors (Lipinski definition) is 1. The average Bonchev–Trinajstić information content (AvgIpc) is 3.05. The highest BCUT2D eigenvalue weighted by atomic mass is 32.1. The molecule has 0 spiro atoms. The van der Waals surface area contributed by atoms with Gasteiger partial charge in [0.25, 0.3) is 0 Å². The van der Waals surface area contributed by atoms with Crippen molar-refractivity contribution < 1.29 is 14.3 Å². The minimum absolute atomic E-state index is 0.444. The van der Waals surface area contributed by atoms with Crippen molar-refractivity contribution in [1.29, 1.82) is 0 Å². The van der Waals surface area contributed by atoms with E-state index in [1.54, 1.807) is 17.6 Å². The average molecular weight is 292 g/mol. The van der Waals surface area contributed by atoms with E-state index in [2.05, 4.69) is 4.98 Å². The third kappa shape index (κ3) is 2.43. The Morgan fingerprint density at radius 2 is 2.50 bits per heavy atom. The van der Waals surface area contributed by atoms with Crippen molar-refractivity contribution >= 4 is 22.4 Å². The zero-order valence-electron chi connectivity index (χ0n) is 11.2. The lowest BCUT2D eigenvalue weighted by molar-refractivity contribution is -0.139. The molecule has 0 fully saturated rings. The van der Waals surface area contributed by atoms with Crippen molar-refractivity contribution in [2.75, 3.05) is 11.9 Å². The molecule has 0 radical (unpaired) electrons. The smallest absolute Gasteiger partial charge is 0.312 e. The molecule has 106 valence electrons. The standard InChI is InChI=1S/C14H16N2O3S/c1-16(8-9-4-3-7-19-9)14-15-12-10(13(17)18)5-2-6-11(12)20-14/h3-4,7,10H,2,5-6,8H2,1H3,(H,17,18). The predicted octanol–water partition coefficient (Wildman–Crippen LogP) is 2.88. The van der Waals surface area contributed by atoms with Crippen LogP contribution in [0.5, 0.6) is 0 Å². The summed E-state index contributed by atoms with van der Waals surface area (Å²) in [4.78, 5) is 19.0. The molecule has 6 heteroatoms. The molecular formula is C14H16N2O3S. The molecule has 0 saturated heterocycles. The Labute approximate surface area is 120 Å². The first-order valence-corrected chi connectivity index (χ1v) is 7.42. The van der Waals surface area contributed by atoms with Gasteiger partial charge in [0.05, 0.1) is 18.5 Å². The minimum Gasteiger partial charge on any atom is -0.481 e. The van der Waals surface area contributed by atoms with Crippen LogP contribution < -0.4 is 4.90 Å². The number of carboxylic acid groups (broad SMARTS) is 1. The number of aryl methyl sites for hydroxylation is 1. The van der Waals surface area contributed by atoms with E-state index in [0.717, 1.165) is 34.3 Å². The Balaban J connectivity index is 1.83. The zero-order chi connectivity index (χ0) is 14.1. The van der Waals surface area contributed by atoms with Crippen LogP contribution in [0.25, 0.3) is 0 Å². The summed E-state index contributed by atoms with van der Waals surface area (Å²) in [5.41, 5.74) is 0.759. The molecule has 3 rings (SSSR count). The molecule has 0 amide bonds. The van der Waals surface area contributed by atoms with Gasteiger partial charge in [0.1, 0.15) is 11.7 Å². The summed E-state index contributed by atoms with van der Waals surface area (Å²) < 4.78 is 5.33. The number of aromatic nitrogens is 1. The maximum atomic E-state index is 11.3. The molecule has 2 heterocycles. The fourth-order valence-corrected chi connectivity index (χ4v) is 3.64. The molecule has 0 aliphatic heterocycles. The van der Waals surface area contributed by atoms with Crippen molar-refractivity contribution in [3.63, 3.8) is 0 Å². The molecule has 1 atom stereocenters. The number of thiazole rings is 1. The van der Waals surface area contributed by atoms with Gasteiger partial charge in [0.15, 0.2) is 5.13 Å². The predicted molar refractivity (Wildman–Crippen MR) is 76.2 cm³/mol. The summed E-state index contributed by atoms with van der Waals surface area (Å²) in [6.07, 6.45) is 4.20. The Kier molecular flexibility index (Phi) is 3.48. The maximum absolute atomic E-state index is 11.3. The lowest BCUT2D eigenvalue weighted by Gasteiger charge is -2.16. The van der Waals surface area contributed by atoms with Crippen LogP contribution in [0.3, 0.4) is 0 Å². The van der Waals surface area contributed by atoms with E-state index in [1.807, 2.05) is 24.1 Å². The maximum Gasteiger partial charge on any atom is 0.312 e. The quantitative estimate of drug-likeness (QED) is 0.938. The van der Waals surface area contributed by atoms with Crippen LogP contribution in [-0.4, -0.2) is 23.1 Å². The summed E-state index contributed by atoms with van der Waals surface area (Å²) >= 11 is 1.60. The van der Waals surface area contributed by atoms with Crippen LogP contribution >= 0.6 is 11.3 Å². The molecule has 0 bridgehead atoms. The highest BCUT2D eigenvalue weighted by molar-refractivity contribution is 7.15. The number of anilines is 1. The van der Waals surface area contributed by atoms with E-state index in [-0.39, 0.29) is 0 Å². The third-order valence-corrected chi connectivity index (χ3v) is 4.79. The minimum atomic E-state index is -0.767. The Morgan fingerprint density at radius 3 is 3.20 bits per heavy atom. The van der Waals surface area contributed by atoms with Gasteiger partial charge < -0.3 is 14.4 Å². The topological polar surface area (TPSA) is 66.6 Å². The number of nitrogens with zero attached hydrogens (tertiary/aromatic N) is 2. The number of hydrogen-bond acceptors (Lipinski definition) is 5. The van der Waals surface area contributed by atoms with Gasteiger partial charge in [-0.2, -0.15) is 0 Å². The lowest BCUT2D eigenvalue weighted by Crippen LogP contribution is -2.18. The van der Waals surface area contributed by atoms with Crippen molar-refractivity contribution in [3.05, 3.63) is 34.7 Å². The highest BCUT2D eigenvalue weighted by Crippen LogP contribution is 2.38. The SMILES string of the molecule is CN(Cc1ccco1)c1nc2c(s1)CCCC2C(=O)O. The normalized spacial score (nSPS) is 17.8. The Hall–Kier alpha value is -1.82. The molecule has 5 nitrogen and oxygen atoms in total. The Morgan fingerprint density at radius 1 is 1.65 bits per heavy atom. The fraction of sp³-hybridized carbons (Fsp3) is 0.429. The van der Waals surface area contributed by atoms with E-state index in [0.29, 0.717) is 13.0 Å². The molecule has 1 unspecified atom stereocenters. The first kappa shape index (κ1) is 13.2. The van der Waals surface area contributed by atoms with E-state index in [9.17, 15) is 9.90 Å². The van der Waals surface area contributed by atoms with Gasteiger partial charge in [-0.3, -0.25) is 4.79 Å². The van der Waals surface area contributed by atoms with Gasteiger partial charge in [-0.1, -0.05) is 0 Å². The number of carbonyl (C=O) groups is 1. The number of aliphatic carboxylic acids is 1. The summed E-state index contributed by atoms with van der Waals surface area (Å²) in [6.45, 7) is 0.636. The molecule has 20 heavy (non-hydrogen) atoms. The molecular weight excluding hydrogens is 276 g/mol. The summed E-state index contributed by atoms with van der Waals surface area (Å²) in [5.74, 6) is -0.340. The van der Waals surface area contributed by atoms with Gasteiger partial charge in [-0.05, 0) is 31.4 Å². The van der Waals surface area contributed by atoms with Crippen molar-refractivity contribution in [3.8, 4) is 0 Å². The van der Waals surface area contributed by atoms with Gasteiger partial charge in [0.2, 0.25) is 0 Å². The van der Waals surface area contributed by atoms with Crippen LogP contribution in [0.2, 0.25) is 0 Å². The summed E-state index contributed by atoms with van der Waals surface area (Å²) in [6, 6.07) is 3.78. The van der Waals surface area contributed by atoms with Crippen molar-refractivity contribution in [2.24, 2.45) is 0 Å². The van der Waals surface area contributed by atoms with E-state index < -0.39 is 11.9 Å². The van der Waals surface area contributed by atoms with Crippen LogP contribution in [0.1, 0.15) is 35.1 Å². The Bertz CT molecular complexity index is 606. The monoisotopic (exact) mass is 292 g/mol. The first-order valence-electron chi connectivity index (χ1n) is 6.61. The number of rotatable bonds is 4. The first-order chi connectivity index (χ1) is 9.65. The lowest BCUT2D eigenvalue weighted by atomic mass is 9.91. The molecule has 2 aromatic rings. The fourth-order valence-electron chi connectivity index (χ4n) is 2.51. The second-order valence-electron chi connectivity index (χ2n) is 5.02. The van der Waals surface area contributed by atoms with Crippen molar-refractivity contribution in [2.45, 2.75) is 31.7 Å². The van der Waals surface area contributed by atoms with Crippen LogP contribution in [-0.2, 0) is 17.8 Å². The van der Waals surface area contributed by atoms with Crippen LogP contribution in [0.4, 0.5) is 5.13 Å². The largest absolute Gasteiger partial charge is 0.481 e.